The second kappa shape index (κ2) is 7.06. The van der Waals surface area contributed by atoms with Crippen LogP contribution in [0.5, 0.6) is 0 Å². The summed E-state index contributed by atoms with van der Waals surface area (Å²) in [6.07, 6.45) is 0.0103. The number of β-amino-alcohol motifs (C(OH)–C–C–N with tert-alkyl or cyclic N) is 1. The summed E-state index contributed by atoms with van der Waals surface area (Å²) in [4.78, 5) is 20.1. The summed E-state index contributed by atoms with van der Waals surface area (Å²) in [7, 11) is 0. The summed E-state index contributed by atoms with van der Waals surface area (Å²) in [5.41, 5.74) is 0.938. The molecule has 0 unspecified atom stereocenters. The number of amides is 1. The lowest BCUT2D eigenvalue weighted by Crippen LogP contribution is -2.35. The minimum atomic E-state index is -0.441. The largest absolute Gasteiger partial charge is 0.392 e. The van der Waals surface area contributed by atoms with Crippen molar-refractivity contribution in [3.05, 3.63) is 21.9 Å². The van der Waals surface area contributed by atoms with Gasteiger partial charge in [-0.25, -0.2) is 4.98 Å². The van der Waals surface area contributed by atoms with Crippen molar-refractivity contribution >= 4 is 46.1 Å². The molecule has 1 amide bonds. The predicted molar refractivity (Wildman–Crippen MR) is 93.2 cm³/mol. The van der Waals surface area contributed by atoms with Gasteiger partial charge in [-0.15, -0.1) is 35.1 Å². The molecule has 2 atom stereocenters. The molecule has 1 aliphatic rings. The molecule has 120 valence electrons. The zero-order chi connectivity index (χ0) is 15.0. The molecule has 0 radical (unpaired) electrons. The van der Waals surface area contributed by atoms with E-state index in [1.807, 2.05) is 6.92 Å². The van der Waals surface area contributed by atoms with Gasteiger partial charge in [0, 0.05) is 16.3 Å². The van der Waals surface area contributed by atoms with Crippen LogP contribution in [0.2, 0.25) is 0 Å². The zero-order valence-electron chi connectivity index (χ0n) is 12.3. The smallest absolute Gasteiger partial charge is 0.243 e. The Hall–Kier alpha value is -0.990. The number of rotatable bonds is 3. The van der Waals surface area contributed by atoms with E-state index in [1.54, 1.807) is 11.3 Å². The number of thiazole rings is 1. The maximum Gasteiger partial charge on any atom is 0.243 e. The molecule has 2 aromatic rings. The highest BCUT2D eigenvalue weighted by molar-refractivity contribution is 7.18. The van der Waals surface area contributed by atoms with Crippen LogP contribution < -0.4 is 10.6 Å². The first-order valence-corrected chi connectivity index (χ1v) is 8.43. The molecular formula is C14H18ClN3O2S2. The number of carbonyl (C=O) groups is 1. The monoisotopic (exact) mass is 359 g/mol. The SMILES string of the molecule is Cc1ccc(-c2nc(NC(=O)[C@H]3C[C@H](O)CN3)sc2C)s1.Cl. The maximum absolute atomic E-state index is 12.1. The first-order valence-electron chi connectivity index (χ1n) is 6.79. The van der Waals surface area contributed by atoms with Crippen LogP contribution in [-0.4, -0.2) is 34.7 Å². The number of halogens is 1. The van der Waals surface area contributed by atoms with Crippen LogP contribution in [-0.2, 0) is 4.79 Å². The minimum Gasteiger partial charge on any atom is -0.392 e. The third-order valence-electron chi connectivity index (χ3n) is 3.42. The van der Waals surface area contributed by atoms with Crippen LogP contribution in [0.3, 0.4) is 0 Å². The van der Waals surface area contributed by atoms with Crippen LogP contribution >= 0.6 is 35.1 Å². The highest BCUT2D eigenvalue weighted by atomic mass is 35.5. The molecule has 22 heavy (non-hydrogen) atoms. The van der Waals surface area contributed by atoms with E-state index in [0.29, 0.717) is 18.1 Å². The average molecular weight is 360 g/mol. The number of carbonyl (C=O) groups excluding carboxylic acids is 1. The number of aryl methyl sites for hydroxylation is 2. The Kier molecular flexibility index (Phi) is 5.57. The Labute approximate surface area is 143 Å². The topological polar surface area (TPSA) is 74.2 Å². The van der Waals surface area contributed by atoms with Gasteiger partial charge in [0.25, 0.3) is 0 Å². The van der Waals surface area contributed by atoms with Crippen molar-refractivity contribution in [1.29, 1.82) is 0 Å². The maximum atomic E-state index is 12.1. The number of anilines is 1. The van der Waals surface area contributed by atoms with Crippen molar-refractivity contribution in [2.75, 3.05) is 11.9 Å². The number of aromatic nitrogens is 1. The van der Waals surface area contributed by atoms with Crippen molar-refractivity contribution in [2.24, 2.45) is 0 Å². The van der Waals surface area contributed by atoms with Gasteiger partial charge in [0.15, 0.2) is 5.13 Å². The lowest BCUT2D eigenvalue weighted by molar-refractivity contribution is -0.117. The highest BCUT2D eigenvalue weighted by Crippen LogP contribution is 2.34. The van der Waals surface area contributed by atoms with Gasteiger partial charge in [0.05, 0.1) is 22.7 Å². The molecule has 8 heteroatoms. The van der Waals surface area contributed by atoms with E-state index in [9.17, 15) is 9.90 Å². The third kappa shape index (κ3) is 3.67. The summed E-state index contributed by atoms with van der Waals surface area (Å²) in [6.45, 7) is 4.54. The van der Waals surface area contributed by atoms with Gasteiger partial charge in [0.2, 0.25) is 5.91 Å². The fourth-order valence-corrected chi connectivity index (χ4v) is 4.16. The van der Waals surface area contributed by atoms with Crippen LogP contribution in [0.1, 0.15) is 16.2 Å². The minimum absolute atomic E-state index is 0. The number of hydrogen-bond acceptors (Lipinski definition) is 6. The van der Waals surface area contributed by atoms with E-state index in [0.717, 1.165) is 15.4 Å². The number of thiophene rings is 1. The van der Waals surface area contributed by atoms with Gasteiger partial charge < -0.3 is 15.7 Å². The van der Waals surface area contributed by atoms with Gasteiger partial charge in [-0.05, 0) is 32.4 Å². The summed E-state index contributed by atoms with van der Waals surface area (Å²) in [6, 6.07) is 3.79. The quantitative estimate of drug-likeness (QED) is 0.787. The first kappa shape index (κ1) is 17.4. The Morgan fingerprint density at radius 1 is 1.41 bits per heavy atom. The van der Waals surface area contributed by atoms with Gasteiger partial charge in [-0.1, -0.05) is 0 Å². The molecule has 3 rings (SSSR count). The van der Waals surface area contributed by atoms with Crippen molar-refractivity contribution < 1.29 is 9.90 Å². The van der Waals surface area contributed by atoms with Crippen molar-refractivity contribution in [1.82, 2.24) is 10.3 Å². The molecule has 3 N–H and O–H groups in total. The molecule has 5 nitrogen and oxygen atoms in total. The van der Waals surface area contributed by atoms with Gasteiger partial charge >= 0.3 is 0 Å². The van der Waals surface area contributed by atoms with E-state index in [2.05, 4.69) is 34.7 Å². The van der Waals surface area contributed by atoms with Crippen molar-refractivity contribution in [3.8, 4) is 10.6 Å². The second-order valence-electron chi connectivity index (χ2n) is 5.17. The number of aliphatic hydroxyl groups excluding tert-OH is 1. The molecule has 1 saturated heterocycles. The van der Waals surface area contributed by atoms with E-state index < -0.39 is 6.10 Å². The fraction of sp³-hybridized carbons (Fsp3) is 0.429. The van der Waals surface area contributed by atoms with E-state index in [-0.39, 0.29) is 24.4 Å². The van der Waals surface area contributed by atoms with Crippen LogP contribution in [0.15, 0.2) is 12.1 Å². The molecule has 0 bridgehead atoms. The lowest BCUT2D eigenvalue weighted by atomic mass is 10.2. The molecule has 1 fully saturated rings. The standard InChI is InChI=1S/C14H17N3O2S2.ClH/c1-7-3-4-11(20-7)12-8(2)21-14(16-12)17-13(19)10-5-9(18)6-15-10;/h3-4,9-10,15,18H,5-6H2,1-2H3,(H,16,17,19);1H/t9-,10+;/m0./s1. The Balaban J connectivity index is 0.00000176. The van der Waals surface area contributed by atoms with Gasteiger partial charge in [-0.3, -0.25) is 4.79 Å². The normalized spacial score (nSPS) is 20.7. The van der Waals surface area contributed by atoms with Gasteiger partial charge in [-0.2, -0.15) is 0 Å². The molecule has 0 spiro atoms. The Morgan fingerprint density at radius 3 is 2.77 bits per heavy atom. The lowest BCUT2D eigenvalue weighted by Gasteiger charge is -2.08. The molecule has 0 aromatic carbocycles. The Morgan fingerprint density at radius 2 is 2.18 bits per heavy atom. The van der Waals surface area contributed by atoms with Crippen LogP contribution in [0, 0.1) is 13.8 Å². The molecular weight excluding hydrogens is 342 g/mol. The van der Waals surface area contributed by atoms with Crippen molar-refractivity contribution in [3.63, 3.8) is 0 Å². The van der Waals surface area contributed by atoms with E-state index >= 15 is 0 Å². The summed E-state index contributed by atoms with van der Waals surface area (Å²) >= 11 is 3.18. The average Bonchev–Trinajstić information content (AvgIpc) is 3.11. The molecule has 1 aliphatic heterocycles. The number of nitrogens with zero attached hydrogens (tertiary/aromatic N) is 1. The number of hydrogen-bond donors (Lipinski definition) is 3. The summed E-state index contributed by atoms with van der Waals surface area (Å²) in [5, 5.41) is 15.9. The predicted octanol–water partition coefficient (Wildman–Crippen LogP) is 2.57. The van der Waals surface area contributed by atoms with Crippen LogP contribution in [0.4, 0.5) is 5.13 Å². The summed E-state index contributed by atoms with van der Waals surface area (Å²) in [5.74, 6) is -0.130. The molecule has 0 aliphatic carbocycles. The first-order chi connectivity index (χ1) is 10.0. The summed E-state index contributed by atoms with van der Waals surface area (Å²) < 4.78 is 0. The fourth-order valence-electron chi connectivity index (χ4n) is 2.35. The molecule has 0 saturated carbocycles. The Bertz CT molecular complexity index is 671. The van der Waals surface area contributed by atoms with E-state index in [1.165, 1.54) is 16.2 Å². The number of aliphatic hydroxyl groups is 1. The van der Waals surface area contributed by atoms with Crippen LogP contribution in [0.25, 0.3) is 10.6 Å². The van der Waals surface area contributed by atoms with Crippen molar-refractivity contribution in [2.45, 2.75) is 32.4 Å². The van der Waals surface area contributed by atoms with Gasteiger partial charge in [0.1, 0.15) is 0 Å². The van der Waals surface area contributed by atoms with E-state index in [4.69, 9.17) is 0 Å². The highest BCUT2D eigenvalue weighted by Gasteiger charge is 2.28. The molecule has 2 aromatic heterocycles. The molecule has 3 heterocycles. The third-order valence-corrected chi connectivity index (χ3v) is 5.32. The zero-order valence-corrected chi connectivity index (χ0v) is 14.7. The second-order valence-corrected chi connectivity index (χ2v) is 7.66. The number of nitrogens with one attached hydrogen (secondary N) is 2.